The number of ether oxygens (including phenoxy) is 2. The Kier molecular flexibility index (Phi) is 4.19. The van der Waals surface area contributed by atoms with Crippen molar-refractivity contribution in [1.82, 2.24) is 4.98 Å². The number of H-pyrrole nitrogens is 1. The summed E-state index contributed by atoms with van der Waals surface area (Å²) in [5, 5.41) is 18.9. The molecule has 0 aliphatic carbocycles. The Labute approximate surface area is 113 Å². The van der Waals surface area contributed by atoms with Crippen LogP contribution < -0.4 is 5.56 Å². The molecule has 1 fully saturated rings. The van der Waals surface area contributed by atoms with Gasteiger partial charge in [-0.1, -0.05) is 0 Å². The summed E-state index contributed by atoms with van der Waals surface area (Å²) in [7, 11) is 1.25. The lowest BCUT2D eigenvalue weighted by Crippen LogP contribution is -2.34. The summed E-state index contributed by atoms with van der Waals surface area (Å²) in [5.74, 6) is -2.24. The van der Waals surface area contributed by atoms with E-state index in [2.05, 4.69) is 0 Å². The van der Waals surface area contributed by atoms with Gasteiger partial charge in [-0.2, -0.15) is 4.39 Å². The van der Waals surface area contributed by atoms with Gasteiger partial charge in [0.1, 0.15) is 30.2 Å². The number of aromatic amines is 1. The van der Waals surface area contributed by atoms with Crippen LogP contribution in [0.5, 0.6) is 0 Å². The van der Waals surface area contributed by atoms with Crippen molar-refractivity contribution in [1.29, 1.82) is 0 Å². The van der Waals surface area contributed by atoms with E-state index in [0.717, 1.165) is 0 Å². The Balaban J connectivity index is 2.51. The molecule has 0 amide bonds. The van der Waals surface area contributed by atoms with Gasteiger partial charge in [0.15, 0.2) is 0 Å². The van der Waals surface area contributed by atoms with Crippen molar-refractivity contribution in [3.63, 3.8) is 0 Å². The van der Waals surface area contributed by atoms with E-state index in [1.807, 2.05) is 4.98 Å². The second kappa shape index (κ2) is 5.57. The van der Waals surface area contributed by atoms with Crippen molar-refractivity contribution in [2.24, 2.45) is 0 Å². The zero-order valence-corrected chi connectivity index (χ0v) is 10.9. The zero-order chi connectivity index (χ0) is 15.0. The molecule has 0 bridgehead atoms. The molecule has 0 saturated carbocycles. The first-order chi connectivity index (χ1) is 9.42. The number of aliphatic hydroxyl groups is 2. The molecule has 1 aromatic rings. The molecule has 20 heavy (non-hydrogen) atoms. The van der Waals surface area contributed by atoms with Crippen LogP contribution in [-0.4, -0.2) is 47.2 Å². The van der Waals surface area contributed by atoms with Crippen LogP contribution in [0.3, 0.4) is 0 Å². The second-order valence-electron chi connectivity index (χ2n) is 4.59. The van der Waals surface area contributed by atoms with Gasteiger partial charge in [0.05, 0.1) is 17.7 Å². The number of pyridine rings is 1. The largest absolute Gasteiger partial charge is 0.394 e. The van der Waals surface area contributed by atoms with E-state index in [1.165, 1.54) is 14.0 Å². The number of rotatable bonds is 3. The van der Waals surface area contributed by atoms with Crippen molar-refractivity contribution in [2.75, 3.05) is 13.7 Å². The topological polar surface area (TPSA) is 91.8 Å². The molecular formula is C12H15F2NO5. The number of halogens is 2. The molecule has 2 heterocycles. The van der Waals surface area contributed by atoms with Crippen molar-refractivity contribution in [2.45, 2.75) is 31.3 Å². The van der Waals surface area contributed by atoms with Gasteiger partial charge in [0.2, 0.25) is 5.95 Å². The molecule has 0 radical (unpaired) electrons. The van der Waals surface area contributed by atoms with Gasteiger partial charge >= 0.3 is 0 Å². The first-order valence-corrected chi connectivity index (χ1v) is 5.97. The van der Waals surface area contributed by atoms with Crippen molar-refractivity contribution in [3.05, 3.63) is 33.2 Å². The predicted molar refractivity (Wildman–Crippen MR) is 63.2 cm³/mol. The summed E-state index contributed by atoms with van der Waals surface area (Å²) in [5.41, 5.74) is -1.69. The molecule has 1 aromatic heterocycles. The van der Waals surface area contributed by atoms with Crippen LogP contribution in [0.1, 0.15) is 17.2 Å². The Bertz CT molecular complexity index is 562. The third-order valence-electron chi connectivity index (χ3n) is 3.44. The molecule has 1 saturated heterocycles. The molecule has 4 unspecified atom stereocenters. The number of nitrogens with one attached hydrogen (secondary N) is 1. The molecule has 0 aromatic carbocycles. The van der Waals surface area contributed by atoms with Gasteiger partial charge in [-0.3, -0.25) is 9.78 Å². The van der Waals surface area contributed by atoms with Crippen molar-refractivity contribution < 1.29 is 28.5 Å². The van der Waals surface area contributed by atoms with Crippen molar-refractivity contribution in [3.8, 4) is 0 Å². The van der Waals surface area contributed by atoms with Gasteiger partial charge in [-0.25, -0.2) is 4.39 Å². The summed E-state index contributed by atoms with van der Waals surface area (Å²) in [6, 6.07) is 0. The highest BCUT2D eigenvalue weighted by Gasteiger charge is 2.46. The van der Waals surface area contributed by atoms with E-state index in [-0.39, 0.29) is 5.56 Å². The monoisotopic (exact) mass is 291 g/mol. The normalized spacial score (nSPS) is 29.9. The Morgan fingerprint density at radius 2 is 2.10 bits per heavy atom. The lowest BCUT2D eigenvalue weighted by atomic mass is 10.0. The number of aliphatic hydroxyl groups excluding tert-OH is 2. The van der Waals surface area contributed by atoms with E-state index >= 15 is 0 Å². The standard InChI is InChI=1S/C12H15F2NO5/c1-4-7(13)6(11(14)15-12(4)18)9-10(19-2)8(17)5(3-16)20-9/h5,8-10,16-17H,3H2,1-2H3,(H,15,18). The summed E-state index contributed by atoms with van der Waals surface area (Å²) < 4.78 is 38.2. The Morgan fingerprint density at radius 3 is 2.65 bits per heavy atom. The first kappa shape index (κ1) is 15.0. The maximum Gasteiger partial charge on any atom is 0.255 e. The fraction of sp³-hybridized carbons (Fsp3) is 0.583. The lowest BCUT2D eigenvalue weighted by Gasteiger charge is -2.20. The van der Waals surface area contributed by atoms with E-state index < -0.39 is 53.9 Å². The van der Waals surface area contributed by atoms with E-state index in [1.54, 1.807) is 0 Å². The van der Waals surface area contributed by atoms with Crippen LogP contribution in [0.25, 0.3) is 0 Å². The number of methoxy groups -OCH3 is 1. The van der Waals surface area contributed by atoms with Crippen LogP contribution in [-0.2, 0) is 9.47 Å². The summed E-state index contributed by atoms with van der Waals surface area (Å²) in [6.45, 7) is 0.678. The molecule has 1 aliphatic rings. The molecule has 2 rings (SSSR count). The third-order valence-corrected chi connectivity index (χ3v) is 3.44. The van der Waals surface area contributed by atoms with Crippen LogP contribution in [0.2, 0.25) is 0 Å². The molecule has 6 nitrogen and oxygen atoms in total. The highest BCUT2D eigenvalue weighted by Crippen LogP contribution is 2.37. The molecule has 0 spiro atoms. The minimum Gasteiger partial charge on any atom is -0.394 e. The third kappa shape index (κ3) is 2.24. The average molecular weight is 291 g/mol. The lowest BCUT2D eigenvalue weighted by molar-refractivity contribution is -0.0263. The van der Waals surface area contributed by atoms with E-state index in [9.17, 15) is 18.7 Å². The maximum atomic E-state index is 14.1. The van der Waals surface area contributed by atoms with Crippen LogP contribution in [0.15, 0.2) is 4.79 Å². The maximum absolute atomic E-state index is 14.1. The molecule has 112 valence electrons. The first-order valence-electron chi connectivity index (χ1n) is 5.97. The van der Waals surface area contributed by atoms with Gasteiger partial charge in [0, 0.05) is 7.11 Å². The number of aromatic nitrogens is 1. The molecule has 3 N–H and O–H groups in total. The van der Waals surface area contributed by atoms with Crippen LogP contribution >= 0.6 is 0 Å². The molecule has 4 atom stereocenters. The summed E-state index contributed by atoms with van der Waals surface area (Å²) in [6.07, 6.45) is -4.57. The van der Waals surface area contributed by atoms with Gasteiger partial charge in [-0.15, -0.1) is 0 Å². The predicted octanol–water partition coefficient (Wildman–Crippen LogP) is -0.230. The zero-order valence-electron chi connectivity index (χ0n) is 10.9. The minimum atomic E-state index is -1.26. The number of hydrogen-bond donors (Lipinski definition) is 3. The minimum absolute atomic E-state index is 0.290. The fourth-order valence-corrected chi connectivity index (χ4v) is 2.29. The quantitative estimate of drug-likeness (QED) is 0.669. The fourth-order valence-electron chi connectivity index (χ4n) is 2.29. The van der Waals surface area contributed by atoms with Gasteiger partial charge in [-0.05, 0) is 6.92 Å². The Morgan fingerprint density at radius 1 is 1.45 bits per heavy atom. The Hall–Kier alpha value is -1.35. The van der Waals surface area contributed by atoms with E-state index in [4.69, 9.17) is 14.6 Å². The smallest absolute Gasteiger partial charge is 0.255 e. The second-order valence-corrected chi connectivity index (χ2v) is 4.59. The highest BCUT2D eigenvalue weighted by molar-refractivity contribution is 5.26. The SMILES string of the molecule is COC1C(c2c(F)[nH]c(=O)c(C)c2F)OC(CO)C1O. The van der Waals surface area contributed by atoms with Crippen LogP contribution in [0, 0.1) is 18.7 Å². The molecule has 1 aliphatic heterocycles. The van der Waals surface area contributed by atoms with E-state index in [0.29, 0.717) is 0 Å². The van der Waals surface area contributed by atoms with Crippen LogP contribution in [0.4, 0.5) is 8.78 Å². The summed E-state index contributed by atoms with van der Waals surface area (Å²) in [4.78, 5) is 13.1. The average Bonchev–Trinajstić information content (AvgIpc) is 2.72. The van der Waals surface area contributed by atoms with Gasteiger partial charge < -0.3 is 19.7 Å². The molecule has 8 heteroatoms. The van der Waals surface area contributed by atoms with Crippen molar-refractivity contribution >= 4 is 0 Å². The summed E-state index contributed by atoms with van der Waals surface area (Å²) >= 11 is 0. The molecular weight excluding hydrogens is 276 g/mol. The number of hydrogen-bond acceptors (Lipinski definition) is 5. The van der Waals surface area contributed by atoms with Gasteiger partial charge in [0.25, 0.3) is 5.56 Å². The highest BCUT2D eigenvalue weighted by atomic mass is 19.1.